The minimum absolute atomic E-state index is 0.239. The van der Waals surface area contributed by atoms with Gasteiger partial charge in [0, 0.05) is 17.8 Å². The Labute approximate surface area is 200 Å². The first-order valence-corrected chi connectivity index (χ1v) is 10.9. The first-order chi connectivity index (χ1) is 16.7. The van der Waals surface area contributed by atoms with Gasteiger partial charge in [0.25, 0.3) is 5.91 Å². The molecule has 0 radical (unpaired) electrons. The Morgan fingerprint density at radius 1 is 0.943 bits per heavy atom. The molecule has 3 N–H and O–H groups in total. The van der Waals surface area contributed by atoms with Gasteiger partial charge in [0.2, 0.25) is 0 Å². The van der Waals surface area contributed by atoms with Crippen molar-refractivity contribution < 1.29 is 28.3 Å². The molecule has 0 bridgehead atoms. The molecular formula is C26H23F2N3O4. The Morgan fingerprint density at radius 2 is 1.57 bits per heavy atom. The van der Waals surface area contributed by atoms with Gasteiger partial charge in [-0.3, -0.25) is 4.79 Å². The molecule has 4 rings (SSSR count). The third-order valence-electron chi connectivity index (χ3n) is 5.84. The van der Waals surface area contributed by atoms with Crippen LogP contribution in [0.5, 0.6) is 0 Å². The van der Waals surface area contributed by atoms with E-state index in [1.807, 2.05) is 12.1 Å². The predicted molar refractivity (Wildman–Crippen MR) is 127 cm³/mol. The number of hydrogen-bond donors (Lipinski definition) is 3. The largest absolute Gasteiger partial charge is 0.480 e. The lowest BCUT2D eigenvalue weighted by Crippen LogP contribution is -2.44. The molecule has 7 nitrogen and oxygen atoms in total. The van der Waals surface area contributed by atoms with Crippen LogP contribution >= 0.6 is 0 Å². The van der Waals surface area contributed by atoms with Crippen LogP contribution in [0.3, 0.4) is 0 Å². The average molecular weight is 479 g/mol. The van der Waals surface area contributed by atoms with E-state index in [-0.39, 0.29) is 18.4 Å². The van der Waals surface area contributed by atoms with Crippen LogP contribution in [-0.2, 0) is 11.3 Å². The first-order valence-electron chi connectivity index (χ1n) is 10.9. The maximum absolute atomic E-state index is 13.7. The zero-order chi connectivity index (χ0) is 25.3. The number of fused-ring (bicyclic) bond motifs is 1. The summed E-state index contributed by atoms with van der Waals surface area (Å²) in [4.78, 5) is 38.2. The van der Waals surface area contributed by atoms with E-state index in [1.54, 1.807) is 44.2 Å². The number of hydrogen-bond acceptors (Lipinski definition) is 3. The van der Waals surface area contributed by atoms with E-state index in [4.69, 9.17) is 0 Å². The lowest BCUT2D eigenvalue weighted by molar-refractivity contribution is -0.144. The number of nitrogens with one attached hydrogen (secondary N) is 2. The number of para-hydroxylation sites is 1. The molecule has 9 heteroatoms. The van der Waals surface area contributed by atoms with E-state index in [1.165, 1.54) is 11.0 Å². The molecule has 0 fully saturated rings. The molecule has 3 amide bonds. The summed E-state index contributed by atoms with van der Waals surface area (Å²) in [5, 5.41) is 14.2. The van der Waals surface area contributed by atoms with Crippen molar-refractivity contribution in [3.05, 3.63) is 83.4 Å². The molecular weight excluding hydrogens is 456 g/mol. The normalized spacial score (nSPS) is 13.5. The van der Waals surface area contributed by atoms with Gasteiger partial charge in [0.1, 0.15) is 23.4 Å². The Hall–Kier alpha value is -4.27. The van der Waals surface area contributed by atoms with Crippen LogP contribution in [0.1, 0.15) is 29.8 Å². The molecule has 1 heterocycles. The summed E-state index contributed by atoms with van der Waals surface area (Å²) in [5.74, 6) is -3.37. The fraction of sp³-hybridized carbons (Fsp3) is 0.192. The minimum atomic E-state index is -1.04. The maximum Gasteiger partial charge on any atom is 0.326 e. The SMILES string of the molecule is CC(C)C(C(=O)O)N1Cc2ccc(-c3ccc(NC(=O)Nc4c(F)cccc4F)cc3)cc2C1=O. The molecule has 0 aromatic heterocycles. The van der Waals surface area contributed by atoms with Crippen LogP contribution in [-0.4, -0.2) is 34.0 Å². The maximum atomic E-state index is 13.7. The van der Waals surface area contributed by atoms with Gasteiger partial charge >= 0.3 is 12.0 Å². The smallest absolute Gasteiger partial charge is 0.326 e. The quantitative estimate of drug-likeness (QED) is 0.444. The van der Waals surface area contributed by atoms with Gasteiger partial charge < -0.3 is 20.6 Å². The van der Waals surface area contributed by atoms with Crippen molar-refractivity contribution in [2.24, 2.45) is 5.92 Å². The summed E-state index contributed by atoms with van der Waals surface area (Å²) < 4.78 is 27.4. The zero-order valence-corrected chi connectivity index (χ0v) is 19.0. The number of carboxylic acid groups (broad SMARTS) is 1. The molecule has 1 aliphatic heterocycles. The van der Waals surface area contributed by atoms with Crippen LogP contribution < -0.4 is 10.6 Å². The fourth-order valence-corrected chi connectivity index (χ4v) is 4.15. The molecule has 180 valence electrons. The number of carboxylic acids is 1. The highest BCUT2D eigenvalue weighted by molar-refractivity contribution is 6.02. The van der Waals surface area contributed by atoms with Crippen molar-refractivity contribution >= 4 is 29.3 Å². The number of halogens is 2. The second-order valence-electron chi connectivity index (χ2n) is 8.59. The highest BCUT2D eigenvalue weighted by Crippen LogP contribution is 2.31. The second-order valence-corrected chi connectivity index (χ2v) is 8.59. The van der Waals surface area contributed by atoms with Crippen LogP contribution in [0.2, 0.25) is 0 Å². The highest BCUT2D eigenvalue weighted by Gasteiger charge is 2.38. The number of amides is 3. The summed E-state index contributed by atoms with van der Waals surface area (Å²) in [6.45, 7) is 3.77. The predicted octanol–water partition coefficient (Wildman–Crippen LogP) is 5.34. The molecule has 0 saturated carbocycles. The summed E-state index contributed by atoms with van der Waals surface area (Å²) in [6.07, 6.45) is 0. The Bertz CT molecular complexity index is 1290. The molecule has 35 heavy (non-hydrogen) atoms. The van der Waals surface area contributed by atoms with Crippen molar-refractivity contribution in [2.75, 3.05) is 10.6 Å². The van der Waals surface area contributed by atoms with Crippen LogP contribution in [0.4, 0.5) is 25.0 Å². The number of aliphatic carboxylic acids is 1. The lowest BCUT2D eigenvalue weighted by atomic mass is 10.00. The van der Waals surface area contributed by atoms with E-state index in [9.17, 15) is 28.3 Å². The topological polar surface area (TPSA) is 98.7 Å². The number of benzene rings is 3. The summed E-state index contributed by atoms with van der Waals surface area (Å²) in [7, 11) is 0. The van der Waals surface area contributed by atoms with E-state index in [0.29, 0.717) is 11.3 Å². The number of carbonyl (C=O) groups excluding carboxylic acids is 2. The molecule has 0 aliphatic carbocycles. The van der Waals surface area contributed by atoms with Gasteiger partial charge in [-0.25, -0.2) is 18.4 Å². The third kappa shape index (κ3) is 4.84. The van der Waals surface area contributed by atoms with Gasteiger partial charge in [0.05, 0.1) is 0 Å². The van der Waals surface area contributed by atoms with E-state index < -0.39 is 35.4 Å². The van der Waals surface area contributed by atoms with Gasteiger partial charge in [-0.2, -0.15) is 0 Å². The number of carbonyl (C=O) groups is 3. The number of rotatable bonds is 6. The van der Waals surface area contributed by atoms with E-state index >= 15 is 0 Å². The summed E-state index contributed by atoms with van der Waals surface area (Å²) in [5.41, 5.74) is 2.60. The van der Waals surface area contributed by atoms with Gasteiger partial charge in [0.15, 0.2) is 0 Å². The van der Waals surface area contributed by atoms with Gasteiger partial charge in [-0.15, -0.1) is 0 Å². The van der Waals surface area contributed by atoms with Crippen molar-refractivity contribution in [1.82, 2.24) is 4.90 Å². The third-order valence-corrected chi connectivity index (χ3v) is 5.84. The molecule has 1 aliphatic rings. The number of urea groups is 1. The van der Waals surface area contributed by atoms with Gasteiger partial charge in [-0.05, 0) is 52.9 Å². The summed E-state index contributed by atoms with van der Waals surface area (Å²) in [6, 6.07) is 13.6. The Morgan fingerprint density at radius 3 is 2.17 bits per heavy atom. The monoisotopic (exact) mass is 479 g/mol. The minimum Gasteiger partial charge on any atom is -0.480 e. The molecule has 3 aromatic rings. The number of anilines is 2. The average Bonchev–Trinajstić information content (AvgIpc) is 3.12. The highest BCUT2D eigenvalue weighted by atomic mass is 19.1. The Kier molecular flexibility index (Phi) is 6.50. The van der Waals surface area contributed by atoms with E-state index in [2.05, 4.69) is 10.6 Å². The van der Waals surface area contributed by atoms with Crippen LogP contribution in [0, 0.1) is 17.6 Å². The van der Waals surface area contributed by atoms with Crippen LogP contribution in [0.25, 0.3) is 11.1 Å². The molecule has 0 spiro atoms. The standard InChI is InChI=1S/C26H23F2N3O4/c1-14(2)23(25(33)34)31-13-17-7-6-16(12-19(17)24(31)32)15-8-10-18(11-9-15)29-26(35)30-22-20(27)4-3-5-21(22)28/h3-12,14,23H,13H2,1-2H3,(H,33,34)(H2,29,30,35). The molecule has 1 atom stereocenters. The molecule has 0 saturated heterocycles. The van der Waals surface area contributed by atoms with Crippen molar-refractivity contribution in [3.8, 4) is 11.1 Å². The zero-order valence-electron chi connectivity index (χ0n) is 19.0. The Balaban J connectivity index is 1.48. The number of nitrogens with zero attached hydrogens (tertiary/aromatic N) is 1. The second kappa shape index (κ2) is 9.54. The van der Waals surface area contributed by atoms with Crippen molar-refractivity contribution in [3.63, 3.8) is 0 Å². The molecule has 1 unspecified atom stereocenters. The van der Waals surface area contributed by atoms with Crippen molar-refractivity contribution in [1.29, 1.82) is 0 Å². The van der Waals surface area contributed by atoms with Crippen molar-refractivity contribution in [2.45, 2.75) is 26.4 Å². The lowest BCUT2D eigenvalue weighted by Gasteiger charge is -2.27. The fourth-order valence-electron chi connectivity index (χ4n) is 4.15. The van der Waals surface area contributed by atoms with Gasteiger partial charge in [-0.1, -0.05) is 44.2 Å². The first kappa shape index (κ1) is 23.9. The summed E-state index contributed by atoms with van der Waals surface area (Å²) >= 11 is 0. The van der Waals surface area contributed by atoms with Crippen LogP contribution in [0.15, 0.2) is 60.7 Å². The molecule has 3 aromatic carbocycles. The van der Waals surface area contributed by atoms with E-state index in [0.717, 1.165) is 28.8 Å².